The van der Waals surface area contributed by atoms with Crippen LogP contribution in [0.1, 0.15) is 31.9 Å². The van der Waals surface area contributed by atoms with Crippen LogP contribution in [0.5, 0.6) is 0 Å². The van der Waals surface area contributed by atoms with Gasteiger partial charge in [0.25, 0.3) is 0 Å². The van der Waals surface area contributed by atoms with E-state index in [9.17, 15) is 4.79 Å². The summed E-state index contributed by atoms with van der Waals surface area (Å²) in [5, 5.41) is 5.05. The summed E-state index contributed by atoms with van der Waals surface area (Å²) in [5.41, 5.74) is 4.76. The molecule has 186 valence electrons. The number of carbonyl (C=O) groups excluding carboxylic acids is 1. The van der Waals surface area contributed by atoms with Crippen LogP contribution in [-0.4, -0.2) is 68.6 Å². The predicted molar refractivity (Wildman–Crippen MR) is 146 cm³/mol. The van der Waals surface area contributed by atoms with Gasteiger partial charge in [0.15, 0.2) is 0 Å². The van der Waals surface area contributed by atoms with Crippen molar-refractivity contribution in [1.82, 2.24) is 10.2 Å². The Balaban J connectivity index is 0.000000196. The van der Waals surface area contributed by atoms with Gasteiger partial charge >= 0.3 is 0 Å². The van der Waals surface area contributed by atoms with Crippen molar-refractivity contribution in [3.8, 4) is 0 Å². The summed E-state index contributed by atoms with van der Waals surface area (Å²) >= 11 is 12.1. The van der Waals surface area contributed by atoms with Crippen molar-refractivity contribution in [3.63, 3.8) is 0 Å². The average Bonchev–Trinajstić information content (AvgIpc) is 2.78. The van der Waals surface area contributed by atoms with Crippen LogP contribution >= 0.6 is 23.2 Å². The Hall–Kier alpha value is -1.79. The molecule has 2 fully saturated rings. The maximum atomic E-state index is 11.2. The number of Topliss-reactive ketones (excluding diaryl/α,β-unsaturated/α-hetero) is 1. The fraction of sp³-hybridized carbons (Fsp3) is 0.519. The first-order chi connectivity index (χ1) is 16.2. The Labute approximate surface area is 215 Å². The average molecular weight is 506 g/mol. The molecule has 2 saturated heterocycles. The van der Waals surface area contributed by atoms with E-state index >= 15 is 0 Å². The second-order valence-electron chi connectivity index (χ2n) is 9.59. The van der Waals surface area contributed by atoms with Crippen LogP contribution in [-0.2, 0) is 4.79 Å². The summed E-state index contributed by atoms with van der Waals surface area (Å²) < 4.78 is 0. The third kappa shape index (κ3) is 7.11. The van der Waals surface area contributed by atoms with E-state index < -0.39 is 0 Å². The molecule has 5 nitrogen and oxygen atoms in total. The fourth-order valence-electron chi connectivity index (χ4n) is 4.71. The Bertz CT molecular complexity index is 983. The molecule has 0 aromatic heterocycles. The maximum Gasteiger partial charge on any atom is 0.143 e. The highest BCUT2D eigenvalue weighted by Crippen LogP contribution is 2.26. The SMILES string of the molecule is CC(=O)CN1CCN(c2ccc(Cl)c(C)c2)[C@H](C)C1.Cc1cc(N2CCNC[C@H]2C)ccc1Cl. The number of hydrogen-bond donors (Lipinski definition) is 1. The number of nitrogens with zero attached hydrogens (tertiary/aromatic N) is 3. The first-order valence-corrected chi connectivity index (χ1v) is 12.9. The molecule has 0 bridgehead atoms. The van der Waals surface area contributed by atoms with Gasteiger partial charge in [0.05, 0.1) is 6.54 Å². The number of hydrogen-bond acceptors (Lipinski definition) is 5. The highest BCUT2D eigenvalue weighted by atomic mass is 35.5. The zero-order valence-electron chi connectivity index (χ0n) is 21.1. The number of benzene rings is 2. The summed E-state index contributed by atoms with van der Waals surface area (Å²) in [6.45, 7) is 16.8. The lowest BCUT2D eigenvalue weighted by atomic mass is 10.1. The highest BCUT2D eigenvalue weighted by Gasteiger charge is 2.24. The molecule has 7 heteroatoms. The molecule has 4 rings (SSSR count). The summed E-state index contributed by atoms with van der Waals surface area (Å²) in [7, 11) is 0. The zero-order valence-corrected chi connectivity index (χ0v) is 22.6. The van der Waals surface area contributed by atoms with Crippen molar-refractivity contribution in [2.24, 2.45) is 0 Å². The van der Waals surface area contributed by atoms with Gasteiger partial charge in [-0.2, -0.15) is 0 Å². The minimum atomic E-state index is 0.239. The summed E-state index contributed by atoms with van der Waals surface area (Å²) in [6, 6.07) is 13.4. The molecule has 0 amide bonds. The van der Waals surface area contributed by atoms with Gasteiger partial charge < -0.3 is 15.1 Å². The van der Waals surface area contributed by atoms with Crippen molar-refractivity contribution < 1.29 is 4.79 Å². The van der Waals surface area contributed by atoms with Crippen LogP contribution in [0, 0.1) is 13.8 Å². The number of ketones is 1. The number of rotatable bonds is 4. The molecule has 2 aliphatic rings. The smallest absolute Gasteiger partial charge is 0.143 e. The van der Waals surface area contributed by atoms with E-state index in [2.05, 4.69) is 65.1 Å². The standard InChI is InChI=1S/C15H21ClN2O.C12H17ClN2/c1-11-8-14(4-5-15(11)16)18-7-6-17(9-12(18)2)10-13(3)19;1-9-7-11(3-4-12(9)13)15-6-5-14-8-10(15)2/h4-5,8,12H,6-7,9-10H2,1-3H3;3-4,7,10,14H,5-6,8H2,1-2H3/t12-;10-/m11/s1. The number of carbonyl (C=O) groups is 1. The molecule has 2 aromatic rings. The molecule has 0 unspecified atom stereocenters. The van der Waals surface area contributed by atoms with E-state index in [4.69, 9.17) is 23.2 Å². The minimum Gasteiger partial charge on any atom is -0.366 e. The van der Waals surface area contributed by atoms with Gasteiger partial charge in [0.1, 0.15) is 5.78 Å². The van der Waals surface area contributed by atoms with Gasteiger partial charge in [0, 0.05) is 72.8 Å². The van der Waals surface area contributed by atoms with Gasteiger partial charge in [-0.05, 0) is 82.1 Å². The molecule has 34 heavy (non-hydrogen) atoms. The van der Waals surface area contributed by atoms with E-state index in [0.717, 1.165) is 60.4 Å². The first-order valence-electron chi connectivity index (χ1n) is 12.1. The number of halogens is 2. The summed E-state index contributed by atoms with van der Waals surface area (Å²) in [4.78, 5) is 18.2. The fourth-order valence-corrected chi connectivity index (χ4v) is 4.95. The van der Waals surface area contributed by atoms with E-state index in [1.165, 1.54) is 11.4 Å². The number of nitrogens with one attached hydrogen (secondary N) is 1. The van der Waals surface area contributed by atoms with Gasteiger partial charge in [-0.25, -0.2) is 0 Å². The second-order valence-corrected chi connectivity index (χ2v) is 10.4. The first kappa shape index (κ1) is 26.8. The third-order valence-corrected chi connectivity index (χ3v) is 7.45. The molecular formula is C27H38Cl2N4O. The Kier molecular flexibility index (Phi) is 9.66. The topological polar surface area (TPSA) is 38.8 Å². The Morgan fingerprint density at radius 1 is 0.912 bits per heavy atom. The largest absolute Gasteiger partial charge is 0.366 e. The van der Waals surface area contributed by atoms with Crippen LogP contribution < -0.4 is 15.1 Å². The molecule has 2 atom stereocenters. The van der Waals surface area contributed by atoms with Crippen LogP contribution in [0.2, 0.25) is 10.0 Å². The van der Waals surface area contributed by atoms with E-state index in [-0.39, 0.29) is 5.78 Å². The molecule has 0 aliphatic carbocycles. The molecule has 2 aromatic carbocycles. The summed E-state index contributed by atoms with van der Waals surface area (Å²) in [6.07, 6.45) is 0. The summed E-state index contributed by atoms with van der Waals surface area (Å²) in [5.74, 6) is 0.239. The Morgan fingerprint density at radius 3 is 1.94 bits per heavy atom. The van der Waals surface area contributed by atoms with Gasteiger partial charge in [0.2, 0.25) is 0 Å². The van der Waals surface area contributed by atoms with Gasteiger partial charge in [-0.1, -0.05) is 23.2 Å². The molecular weight excluding hydrogens is 467 g/mol. The third-order valence-electron chi connectivity index (χ3n) is 6.61. The van der Waals surface area contributed by atoms with Crippen LogP contribution in [0.4, 0.5) is 11.4 Å². The molecule has 0 radical (unpaired) electrons. The van der Waals surface area contributed by atoms with E-state index in [1.54, 1.807) is 6.92 Å². The van der Waals surface area contributed by atoms with Crippen LogP contribution in [0.15, 0.2) is 36.4 Å². The van der Waals surface area contributed by atoms with E-state index in [1.807, 2.05) is 19.1 Å². The number of aryl methyl sites for hydroxylation is 2. The zero-order chi connectivity index (χ0) is 24.8. The predicted octanol–water partition coefficient (Wildman–Crippen LogP) is 5.19. The quantitative estimate of drug-likeness (QED) is 0.619. The number of anilines is 2. The minimum absolute atomic E-state index is 0.239. The Morgan fingerprint density at radius 2 is 1.47 bits per heavy atom. The lowest BCUT2D eigenvalue weighted by Crippen LogP contribution is -2.53. The van der Waals surface area contributed by atoms with Crippen molar-refractivity contribution in [2.45, 2.75) is 46.7 Å². The molecule has 0 saturated carbocycles. The molecule has 2 aliphatic heterocycles. The number of piperazine rings is 2. The molecule has 0 spiro atoms. The van der Waals surface area contributed by atoms with Crippen molar-refractivity contribution in [2.75, 3.05) is 55.6 Å². The van der Waals surface area contributed by atoms with Crippen LogP contribution in [0.25, 0.3) is 0 Å². The maximum absolute atomic E-state index is 11.2. The van der Waals surface area contributed by atoms with Gasteiger partial charge in [-0.3, -0.25) is 9.69 Å². The normalized spacial score (nSPS) is 21.1. The van der Waals surface area contributed by atoms with Crippen LogP contribution in [0.3, 0.4) is 0 Å². The monoisotopic (exact) mass is 504 g/mol. The lowest BCUT2D eigenvalue weighted by molar-refractivity contribution is -0.118. The van der Waals surface area contributed by atoms with Gasteiger partial charge in [-0.15, -0.1) is 0 Å². The molecule has 2 heterocycles. The second kappa shape index (κ2) is 12.3. The van der Waals surface area contributed by atoms with Crippen molar-refractivity contribution >= 4 is 40.4 Å². The molecule has 1 N–H and O–H groups in total. The van der Waals surface area contributed by atoms with Crippen molar-refractivity contribution in [3.05, 3.63) is 57.6 Å². The van der Waals surface area contributed by atoms with Crippen molar-refractivity contribution in [1.29, 1.82) is 0 Å². The lowest BCUT2D eigenvalue weighted by Gasteiger charge is -2.41. The van der Waals surface area contributed by atoms with E-state index in [0.29, 0.717) is 18.6 Å². The highest BCUT2D eigenvalue weighted by molar-refractivity contribution is 6.31.